The third-order valence-corrected chi connectivity index (χ3v) is 2.87. The van der Waals surface area contributed by atoms with Gasteiger partial charge in [0.15, 0.2) is 11.5 Å². The SMILES string of the molecule is CC(C)(N)C(=O)NCC(O)COc1ccc2c(c1)OCO2. The summed E-state index contributed by atoms with van der Waals surface area (Å²) in [6.07, 6.45) is -0.832. The summed E-state index contributed by atoms with van der Waals surface area (Å²) in [6, 6.07) is 5.15. The number of aliphatic hydroxyl groups is 1. The van der Waals surface area contributed by atoms with Gasteiger partial charge in [-0.2, -0.15) is 0 Å². The molecule has 1 aliphatic heterocycles. The van der Waals surface area contributed by atoms with Crippen molar-refractivity contribution in [1.29, 1.82) is 0 Å². The molecule has 1 heterocycles. The molecule has 4 N–H and O–H groups in total. The van der Waals surface area contributed by atoms with Gasteiger partial charge in [0, 0.05) is 12.6 Å². The normalized spacial score (nSPS) is 14.7. The van der Waals surface area contributed by atoms with Crippen LogP contribution in [-0.2, 0) is 4.79 Å². The summed E-state index contributed by atoms with van der Waals surface area (Å²) < 4.78 is 15.9. The molecule has 0 bridgehead atoms. The van der Waals surface area contributed by atoms with E-state index in [1.54, 1.807) is 32.0 Å². The van der Waals surface area contributed by atoms with E-state index in [9.17, 15) is 9.90 Å². The molecule has 1 aromatic rings. The minimum Gasteiger partial charge on any atom is -0.491 e. The number of hydrogen-bond donors (Lipinski definition) is 3. The Balaban J connectivity index is 1.76. The zero-order valence-corrected chi connectivity index (χ0v) is 12.1. The Labute approximate surface area is 123 Å². The van der Waals surface area contributed by atoms with Gasteiger partial charge in [-0.05, 0) is 26.0 Å². The van der Waals surface area contributed by atoms with Crippen LogP contribution in [0.5, 0.6) is 17.2 Å². The summed E-state index contributed by atoms with van der Waals surface area (Å²) in [5, 5.41) is 12.3. The molecule has 0 spiro atoms. The fourth-order valence-electron chi connectivity index (χ4n) is 1.66. The Kier molecular flexibility index (Phi) is 4.54. The van der Waals surface area contributed by atoms with Gasteiger partial charge in [0.1, 0.15) is 18.5 Å². The first-order valence-corrected chi connectivity index (χ1v) is 6.64. The Hall–Kier alpha value is -1.99. The van der Waals surface area contributed by atoms with Crippen LogP contribution in [0.1, 0.15) is 13.8 Å². The van der Waals surface area contributed by atoms with E-state index in [-0.39, 0.29) is 25.9 Å². The van der Waals surface area contributed by atoms with E-state index in [1.165, 1.54) is 0 Å². The summed E-state index contributed by atoms with van der Waals surface area (Å²) >= 11 is 0. The lowest BCUT2D eigenvalue weighted by molar-refractivity contribution is -0.125. The molecule has 0 saturated carbocycles. The van der Waals surface area contributed by atoms with Crippen LogP contribution in [0.2, 0.25) is 0 Å². The highest BCUT2D eigenvalue weighted by Gasteiger charge is 2.22. The Morgan fingerprint density at radius 3 is 2.90 bits per heavy atom. The topological polar surface area (TPSA) is 103 Å². The van der Waals surface area contributed by atoms with Gasteiger partial charge in [0.05, 0.1) is 5.54 Å². The molecule has 116 valence electrons. The van der Waals surface area contributed by atoms with Gasteiger partial charge in [-0.3, -0.25) is 4.79 Å². The van der Waals surface area contributed by atoms with Crippen molar-refractivity contribution < 1.29 is 24.1 Å². The minimum absolute atomic E-state index is 0.0466. The zero-order chi connectivity index (χ0) is 15.5. The van der Waals surface area contributed by atoms with Crippen LogP contribution in [0, 0.1) is 0 Å². The van der Waals surface area contributed by atoms with Crippen molar-refractivity contribution in [2.24, 2.45) is 5.73 Å². The number of ether oxygens (including phenoxy) is 3. The van der Waals surface area contributed by atoms with E-state index in [1.807, 2.05) is 0 Å². The highest BCUT2D eigenvalue weighted by Crippen LogP contribution is 2.35. The number of nitrogens with one attached hydrogen (secondary N) is 1. The predicted octanol–water partition coefficient (Wildman–Crippen LogP) is 0.00850. The molecule has 0 radical (unpaired) electrons. The fourth-order valence-corrected chi connectivity index (χ4v) is 1.66. The second-order valence-electron chi connectivity index (χ2n) is 5.41. The van der Waals surface area contributed by atoms with E-state index in [0.29, 0.717) is 17.2 Å². The molecule has 0 fully saturated rings. The van der Waals surface area contributed by atoms with Gasteiger partial charge >= 0.3 is 0 Å². The molecule has 1 aromatic carbocycles. The molecule has 0 saturated heterocycles. The summed E-state index contributed by atoms with van der Waals surface area (Å²) in [7, 11) is 0. The van der Waals surface area contributed by atoms with Crippen LogP contribution in [0.25, 0.3) is 0 Å². The zero-order valence-electron chi connectivity index (χ0n) is 12.1. The quantitative estimate of drug-likeness (QED) is 0.683. The largest absolute Gasteiger partial charge is 0.491 e. The highest BCUT2D eigenvalue weighted by atomic mass is 16.7. The van der Waals surface area contributed by atoms with Gasteiger partial charge < -0.3 is 30.4 Å². The first-order valence-electron chi connectivity index (χ1n) is 6.64. The lowest BCUT2D eigenvalue weighted by Gasteiger charge is -2.19. The molecular formula is C14H20N2O5. The van der Waals surface area contributed by atoms with Gasteiger partial charge in [0.2, 0.25) is 12.7 Å². The van der Waals surface area contributed by atoms with E-state index in [0.717, 1.165) is 0 Å². The van der Waals surface area contributed by atoms with Crippen molar-refractivity contribution >= 4 is 5.91 Å². The van der Waals surface area contributed by atoms with E-state index < -0.39 is 11.6 Å². The first kappa shape index (κ1) is 15.4. The van der Waals surface area contributed by atoms with Crippen molar-refractivity contribution in [3.05, 3.63) is 18.2 Å². The van der Waals surface area contributed by atoms with Crippen molar-refractivity contribution in [2.45, 2.75) is 25.5 Å². The summed E-state index contributed by atoms with van der Waals surface area (Å²) in [4.78, 5) is 11.6. The molecule has 0 aromatic heterocycles. The molecular weight excluding hydrogens is 276 g/mol. The van der Waals surface area contributed by atoms with Gasteiger partial charge in [-0.15, -0.1) is 0 Å². The lowest BCUT2D eigenvalue weighted by atomic mass is 10.1. The number of rotatable bonds is 6. The van der Waals surface area contributed by atoms with Crippen LogP contribution < -0.4 is 25.3 Å². The van der Waals surface area contributed by atoms with Gasteiger partial charge in [0.25, 0.3) is 0 Å². The average molecular weight is 296 g/mol. The number of aliphatic hydroxyl groups excluding tert-OH is 1. The van der Waals surface area contributed by atoms with E-state index in [2.05, 4.69) is 5.32 Å². The third-order valence-electron chi connectivity index (χ3n) is 2.87. The summed E-state index contributed by atoms with van der Waals surface area (Å²) in [5.74, 6) is 1.51. The number of fused-ring (bicyclic) bond motifs is 1. The maximum Gasteiger partial charge on any atom is 0.239 e. The molecule has 1 unspecified atom stereocenters. The number of benzene rings is 1. The molecule has 0 aliphatic carbocycles. The van der Waals surface area contributed by atoms with Gasteiger partial charge in [-0.25, -0.2) is 0 Å². The molecule has 1 amide bonds. The number of amides is 1. The molecule has 1 aliphatic rings. The first-order chi connectivity index (χ1) is 9.86. The summed E-state index contributed by atoms with van der Waals surface area (Å²) in [5.41, 5.74) is 4.66. The molecule has 21 heavy (non-hydrogen) atoms. The second-order valence-corrected chi connectivity index (χ2v) is 5.41. The van der Waals surface area contributed by atoms with E-state index in [4.69, 9.17) is 19.9 Å². The highest BCUT2D eigenvalue weighted by molar-refractivity contribution is 5.85. The van der Waals surface area contributed by atoms with Crippen molar-refractivity contribution in [3.63, 3.8) is 0 Å². The minimum atomic E-state index is -0.974. The third kappa shape index (κ3) is 4.24. The van der Waals surface area contributed by atoms with Crippen molar-refractivity contribution in [2.75, 3.05) is 19.9 Å². The van der Waals surface area contributed by atoms with Crippen LogP contribution in [0.15, 0.2) is 18.2 Å². The van der Waals surface area contributed by atoms with Crippen molar-refractivity contribution in [1.82, 2.24) is 5.32 Å². The standard InChI is InChI=1S/C14H20N2O5/c1-14(2,15)13(18)16-6-9(17)7-19-10-3-4-11-12(5-10)21-8-20-11/h3-5,9,17H,6-8,15H2,1-2H3,(H,16,18). The maximum atomic E-state index is 11.6. The lowest BCUT2D eigenvalue weighted by Crippen LogP contribution is -2.51. The van der Waals surface area contributed by atoms with Crippen LogP contribution in [0.3, 0.4) is 0 Å². The predicted molar refractivity (Wildman–Crippen MR) is 75.3 cm³/mol. The number of nitrogens with two attached hydrogens (primary N) is 1. The Morgan fingerprint density at radius 1 is 1.48 bits per heavy atom. The van der Waals surface area contributed by atoms with Crippen LogP contribution in [-0.4, -0.2) is 42.6 Å². The Morgan fingerprint density at radius 2 is 2.19 bits per heavy atom. The summed E-state index contributed by atoms with van der Waals surface area (Å²) in [6.45, 7) is 3.51. The number of carbonyl (C=O) groups excluding carboxylic acids is 1. The monoisotopic (exact) mass is 296 g/mol. The van der Waals surface area contributed by atoms with Crippen molar-refractivity contribution in [3.8, 4) is 17.2 Å². The Bertz CT molecular complexity index is 513. The number of carbonyl (C=O) groups is 1. The van der Waals surface area contributed by atoms with E-state index >= 15 is 0 Å². The fraction of sp³-hybridized carbons (Fsp3) is 0.500. The van der Waals surface area contributed by atoms with Crippen LogP contribution >= 0.6 is 0 Å². The maximum absolute atomic E-state index is 11.6. The molecule has 1 atom stereocenters. The molecule has 7 heteroatoms. The molecule has 2 rings (SSSR count). The number of hydrogen-bond acceptors (Lipinski definition) is 6. The molecule has 7 nitrogen and oxygen atoms in total. The van der Waals surface area contributed by atoms with Crippen LogP contribution in [0.4, 0.5) is 0 Å². The smallest absolute Gasteiger partial charge is 0.239 e. The average Bonchev–Trinajstić information content (AvgIpc) is 2.88. The second kappa shape index (κ2) is 6.19. The van der Waals surface area contributed by atoms with Gasteiger partial charge in [-0.1, -0.05) is 0 Å².